The first-order valence-corrected chi connectivity index (χ1v) is 8.66. The monoisotopic (exact) mass is 349 g/mol. The van der Waals surface area contributed by atoms with Crippen LogP contribution >= 0.6 is 0 Å². The van der Waals surface area contributed by atoms with E-state index in [1.54, 1.807) is 18.7 Å². The molecule has 0 aliphatic heterocycles. The average Bonchev–Trinajstić information content (AvgIpc) is 3.20. The Labute approximate surface area is 153 Å². The van der Waals surface area contributed by atoms with Crippen LogP contribution in [0.15, 0.2) is 67.4 Å². The van der Waals surface area contributed by atoms with Crippen molar-refractivity contribution in [1.29, 1.82) is 0 Å². The van der Waals surface area contributed by atoms with E-state index in [2.05, 4.69) is 34.4 Å². The van der Waals surface area contributed by atoms with Gasteiger partial charge in [0.15, 0.2) is 0 Å². The van der Waals surface area contributed by atoms with Crippen molar-refractivity contribution >= 4 is 6.03 Å². The second-order valence-corrected chi connectivity index (χ2v) is 6.45. The van der Waals surface area contributed by atoms with Crippen molar-refractivity contribution in [2.24, 2.45) is 5.92 Å². The molecule has 0 bridgehead atoms. The quantitative estimate of drug-likeness (QED) is 0.716. The number of hydrogen-bond donors (Lipinski definition) is 2. The van der Waals surface area contributed by atoms with Crippen molar-refractivity contribution < 1.29 is 4.79 Å². The van der Waals surface area contributed by atoms with Crippen LogP contribution in [0.25, 0.3) is 5.82 Å². The second kappa shape index (κ2) is 8.29. The molecule has 0 aliphatic rings. The highest BCUT2D eigenvalue weighted by Crippen LogP contribution is 2.21. The molecule has 0 saturated heterocycles. The van der Waals surface area contributed by atoms with Crippen LogP contribution in [-0.2, 0) is 6.54 Å². The summed E-state index contributed by atoms with van der Waals surface area (Å²) in [6.07, 6.45) is 7.00. The number of benzene rings is 1. The third-order valence-electron chi connectivity index (χ3n) is 4.14. The Morgan fingerprint density at radius 2 is 1.96 bits per heavy atom. The first-order valence-electron chi connectivity index (χ1n) is 8.66. The molecule has 2 amide bonds. The largest absolute Gasteiger partial charge is 0.334 e. The zero-order valence-electron chi connectivity index (χ0n) is 15.0. The number of nitrogens with zero attached hydrogens (tertiary/aromatic N) is 3. The summed E-state index contributed by atoms with van der Waals surface area (Å²) in [7, 11) is 0. The summed E-state index contributed by atoms with van der Waals surface area (Å²) in [5.41, 5.74) is 2.04. The van der Waals surface area contributed by atoms with Crippen molar-refractivity contribution in [1.82, 2.24) is 25.2 Å². The van der Waals surface area contributed by atoms with Crippen LogP contribution in [0.5, 0.6) is 0 Å². The summed E-state index contributed by atoms with van der Waals surface area (Å²) in [5.74, 6) is 1.08. The molecule has 2 N–H and O–H groups in total. The summed E-state index contributed by atoms with van der Waals surface area (Å²) >= 11 is 0. The molecule has 6 nitrogen and oxygen atoms in total. The van der Waals surface area contributed by atoms with E-state index in [1.165, 1.54) is 0 Å². The summed E-state index contributed by atoms with van der Waals surface area (Å²) < 4.78 is 1.83. The van der Waals surface area contributed by atoms with Gasteiger partial charge >= 0.3 is 6.03 Å². The maximum atomic E-state index is 12.3. The van der Waals surface area contributed by atoms with Crippen LogP contribution in [0.1, 0.15) is 31.0 Å². The number of amides is 2. The smallest absolute Gasteiger partial charge is 0.315 e. The van der Waals surface area contributed by atoms with Gasteiger partial charge in [-0.1, -0.05) is 50.2 Å². The van der Waals surface area contributed by atoms with E-state index in [-0.39, 0.29) is 12.1 Å². The summed E-state index contributed by atoms with van der Waals surface area (Å²) in [6, 6.07) is 13.6. The van der Waals surface area contributed by atoms with E-state index >= 15 is 0 Å². The molecule has 2 heterocycles. The number of carbonyl (C=O) groups excluding carboxylic acids is 1. The molecule has 3 aromatic rings. The van der Waals surface area contributed by atoms with E-state index in [0.29, 0.717) is 12.5 Å². The Kier molecular flexibility index (Phi) is 5.63. The number of urea groups is 1. The number of pyridine rings is 1. The van der Waals surface area contributed by atoms with Crippen molar-refractivity contribution in [2.75, 3.05) is 0 Å². The van der Waals surface area contributed by atoms with Gasteiger partial charge in [0.1, 0.15) is 12.1 Å². The minimum Gasteiger partial charge on any atom is -0.334 e. The molecule has 0 fully saturated rings. The van der Waals surface area contributed by atoms with E-state index in [9.17, 15) is 4.79 Å². The number of carbonyl (C=O) groups is 1. The maximum absolute atomic E-state index is 12.3. The minimum atomic E-state index is -0.189. The van der Waals surface area contributed by atoms with Gasteiger partial charge in [0.05, 0.1) is 6.04 Å². The molecule has 134 valence electrons. The molecule has 2 aromatic heterocycles. The van der Waals surface area contributed by atoms with Crippen molar-refractivity contribution in [3.63, 3.8) is 0 Å². The highest BCUT2D eigenvalue weighted by Gasteiger charge is 2.17. The van der Waals surface area contributed by atoms with Crippen LogP contribution in [-0.4, -0.2) is 20.6 Å². The summed E-state index contributed by atoms with van der Waals surface area (Å²) in [6.45, 7) is 4.61. The van der Waals surface area contributed by atoms with Gasteiger partial charge in [-0.25, -0.2) is 14.8 Å². The highest BCUT2D eigenvalue weighted by molar-refractivity contribution is 5.74. The van der Waals surface area contributed by atoms with Gasteiger partial charge in [0.2, 0.25) is 0 Å². The first kappa shape index (κ1) is 17.7. The lowest BCUT2D eigenvalue weighted by Crippen LogP contribution is -2.39. The van der Waals surface area contributed by atoms with Gasteiger partial charge < -0.3 is 10.6 Å². The normalized spacial score (nSPS) is 12.0. The predicted octanol–water partition coefficient (Wildman–Crippen LogP) is 3.46. The van der Waals surface area contributed by atoms with Crippen molar-refractivity contribution in [2.45, 2.75) is 26.4 Å². The Balaban J connectivity index is 1.56. The third-order valence-corrected chi connectivity index (χ3v) is 4.14. The van der Waals surface area contributed by atoms with Gasteiger partial charge in [-0.3, -0.25) is 4.57 Å². The first-order chi connectivity index (χ1) is 12.6. The Morgan fingerprint density at radius 1 is 1.15 bits per heavy atom. The number of imidazole rings is 1. The zero-order valence-corrected chi connectivity index (χ0v) is 15.0. The molecule has 0 radical (unpaired) electrons. The van der Waals surface area contributed by atoms with Gasteiger partial charge in [-0.05, 0) is 23.1 Å². The molecule has 0 spiro atoms. The Morgan fingerprint density at radius 3 is 2.58 bits per heavy atom. The van der Waals surface area contributed by atoms with E-state index in [4.69, 9.17) is 0 Å². The lowest BCUT2D eigenvalue weighted by Gasteiger charge is -2.23. The van der Waals surface area contributed by atoms with Crippen LogP contribution in [0.4, 0.5) is 4.79 Å². The molecule has 0 aliphatic carbocycles. The minimum absolute atomic E-state index is 0.0297. The Hall–Kier alpha value is -3.15. The maximum Gasteiger partial charge on any atom is 0.315 e. The number of rotatable bonds is 6. The molecule has 3 rings (SSSR count). The predicted molar refractivity (Wildman–Crippen MR) is 101 cm³/mol. The number of aromatic nitrogens is 3. The average molecular weight is 349 g/mol. The molecule has 26 heavy (non-hydrogen) atoms. The van der Waals surface area contributed by atoms with Gasteiger partial charge in [0.25, 0.3) is 0 Å². The van der Waals surface area contributed by atoms with Crippen LogP contribution in [0.2, 0.25) is 0 Å². The van der Waals surface area contributed by atoms with Crippen LogP contribution in [0.3, 0.4) is 0 Å². The van der Waals surface area contributed by atoms with Gasteiger partial charge in [0, 0.05) is 25.1 Å². The number of nitrogens with one attached hydrogen (secondary N) is 2. The standard InChI is InChI=1S/C20H23N5O/c1-15(2)19(17-6-4-3-5-7-17)24-20(26)23-13-16-8-9-18(22-12-16)25-11-10-21-14-25/h3-12,14-15,19H,13H2,1-2H3,(H2,23,24,26). The topological polar surface area (TPSA) is 71.8 Å². The number of hydrogen-bond acceptors (Lipinski definition) is 3. The molecule has 1 aromatic carbocycles. The second-order valence-electron chi connectivity index (χ2n) is 6.45. The van der Waals surface area contributed by atoms with Gasteiger partial charge in [-0.2, -0.15) is 0 Å². The van der Waals surface area contributed by atoms with Crippen LogP contribution in [0, 0.1) is 5.92 Å². The third kappa shape index (κ3) is 4.47. The highest BCUT2D eigenvalue weighted by atomic mass is 16.2. The zero-order chi connectivity index (χ0) is 18.4. The van der Waals surface area contributed by atoms with Crippen LogP contribution < -0.4 is 10.6 Å². The molecule has 1 unspecified atom stereocenters. The lowest BCUT2D eigenvalue weighted by atomic mass is 9.96. The summed E-state index contributed by atoms with van der Waals surface area (Å²) in [5, 5.41) is 5.95. The van der Waals surface area contributed by atoms with Gasteiger partial charge in [-0.15, -0.1) is 0 Å². The Bertz CT molecular complexity index is 813. The fraction of sp³-hybridized carbons (Fsp3) is 0.250. The van der Waals surface area contributed by atoms with Crippen molar-refractivity contribution in [3.8, 4) is 5.82 Å². The fourth-order valence-corrected chi connectivity index (χ4v) is 2.74. The molecular weight excluding hydrogens is 326 g/mol. The van der Waals surface area contributed by atoms with E-state index in [1.807, 2.05) is 53.2 Å². The van der Waals surface area contributed by atoms with Crippen molar-refractivity contribution in [3.05, 3.63) is 78.5 Å². The molecule has 1 atom stereocenters. The molecule has 0 saturated carbocycles. The summed E-state index contributed by atoms with van der Waals surface area (Å²) in [4.78, 5) is 20.7. The fourth-order valence-electron chi connectivity index (χ4n) is 2.74. The van der Waals surface area contributed by atoms with E-state index in [0.717, 1.165) is 16.9 Å². The lowest BCUT2D eigenvalue weighted by molar-refractivity contribution is 0.232. The molecular formula is C20H23N5O. The van der Waals surface area contributed by atoms with E-state index < -0.39 is 0 Å². The molecule has 6 heteroatoms. The SMILES string of the molecule is CC(C)C(NC(=O)NCc1ccc(-n2ccnc2)nc1)c1ccccc1.